The van der Waals surface area contributed by atoms with Gasteiger partial charge in [-0.3, -0.25) is 4.98 Å². The number of thiophene rings is 1. The molecule has 0 aliphatic heterocycles. The minimum Gasteiger partial charge on any atom is -0.256 e. The van der Waals surface area contributed by atoms with Gasteiger partial charge in [-0.2, -0.15) is 0 Å². The van der Waals surface area contributed by atoms with Crippen LogP contribution in [0.1, 0.15) is 10.4 Å². The van der Waals surface area contributed by atoms with Gasteiger partial charge in [-0.15, -0.1) is 11.3 Å². The van der Waals surface area contributed by atoms with Gasteiger partial charge in [-0.05, 0) is 29.1 Å². The molecule has 0 radical (unpaired) electrons. The van der Waals surface area contributed by atoms with E-state index in [1.165, 1.54) is 15.8 Å². The number of rotatable bonds is 2. The third-order valence-electron chi connectivity index (χ3n) is 2.68. The molecule has 2 aromatic heterocycles. The minimum atomic E-state index is 1.00. The standard InChI is InChI=1S/C14H11NS/c1-2-6-14-13(5-1)11(7-8-15-14)10-12-4-3-9-16-12/h1-9H,10H2. The highest BCUT2D eigenvalue weighted by Gasteiger charge is 2.02. The molecular weight excluding hydrogens is 214 g/mol. The van der Waals surface area contributed by atoms with Crippen molar-refractivity contribution in [3.63, 3.8) is 0 Å². The SMILES string of the molecule is c1csc(Cc2ccnc3ccccc23)c1. The van der Waals surface area contributed by atoms with Gasteiger partial charge in [0, 0.05) is 22.9 Å². The third-order valence-corrected chi connectivity index (χ3v) is 3.56. The highest BCUT2D eigenvalue weighted by atomic mass is 32.1. The summed E-state index contributed by atoms with van der Waals surface area (Å²) < 4.78 is 0. The minimum absolute atomic E-state index is 1.00. The molecule has 0 unspecified atom stereocenters. The molecule has 0 aliphatic carbocycles. The van der Waals surface area contributed by atoms with E-state index in [-0.39, 0.29) is 0 Å². The summed E-state index contributed by atoms with van der Waals surface area (Å²) in [7, 11) is 0. The Morgan fingerprint density at radius 3 is 2.81 bits per heavy atom. The van der Waals surface area contributed by atoms with Crippen LogP contribution >= 0.6 is 11.3 Å². The second kappa shape index (κ2) is 4.06. The molecule has 0 aliphatic rings. The molecule has 0 saturated carbocycles. The molecule has 0 atom stereocenters. The van der Waals surface area contributed by atoms with Crippen molar-refractivity contribution >= 4 is 22.2 Å². The predicted molar refractivity (Wildman–Crippen MR) is 68.9 cm³/mol. The second-order valence-corrected chi connectivity index (χ2v) is 4.78. The summed E-state index contributed by atoms with van der Waals surface area (Å²) >= 11 is 1.81. The molecule has 2 heteroatoms. The van der Waals surface area contributed by atoms with E-state index in [1.54, 1.807) is 11.3 Å². The number of hydrogen-bond acceptors (Lipinski definition) is 2. The zero-order chi connectivity index (χ0) is 10.8. The van der Waals surface area contributed by atoms with Crippen LogP contribution in [0.2, 0.25) is 0 Å². The Morgan fingerprint density at radius 1 is 1.00 bits per heavy atom. The highest BCUT2D eigenvalue weighted by Crippen LogP contribution is 2.21. The maximum atomic E-state index is 4.37. The summed E-state index contributed by atoms with van der Waals surface area (Å²) in [6.45, 7) is 0. The molecule has 3 rings (SSSR count). The van der Waals surface area contributed by atoms with Crippen molar-refractivity contribution in [1.82, 2.24) is 4.98 Å². The number of hydrogen-bond donors (Lipinski definition) is 0. The lowest BCUT2D eigenvalue weighted by Crippen LogP contribution is -1.88. The Kier molecular flexibility index (Phi) is 2.43. The molecule has 16 heavy (non-hydrogen) atoms. The summed E-state index contributed by atoms with van der Waals surface area (Å²) in [5.41, 5.74) is 2.43. The summed E-state index contributed by atoms with van der Waals surface area (Å²) in [5.74, 6) is 0. The van der Waals surface area contributed by atoms with E-state index in [2.05, 4.69) is 46.8 Å². The summed E-state index contributed by atoms with van der Waals surface area (Å²) in [6.07, 6.45) is 2.89. The summed E-state index contributed by atoms with van der Waals surface area (Å²) in [5, 5.41) is 3.39. The number of benzene rings is 1. The Morgan fingerprint density at radius 2 is 1.94 bits per heavy atom. The number of fused-ring (bicyclic) bond motifs is 1. The lowest BCUT2D eigenvalue weighted by molar-refractivity contribution is 1.24. The molecule has 1 aromatic carbocycles. The Bertz CT molecular complexity index is 594. The van der Waals surface area contributed by atoms with Crippen LogP contribution in [0.4, 0.5) is 0 Å². The fraction of sp³-hybridized carbons (Fsp3) is 0.0714. The largest absolute Gasteiger partial charge is 0.256 e. The first kappa shape index (κ1) is 9.55. The molecule has 2 heterocycles. The van der Waals surface area contributed by atoms with Crippen molar-refractivity contribution in [1.29, 1.82) is 0 Å². The van der Waals surface area contributed by atoms with E-state index in [4.69, 9.17) is 0 Å². The van der Waals surface area contributed by atoms with Crippen LogP contribution in [0, 0.1) is 0 Å². The predicted octanol–water partition coefficient (Wildman–Crippen LogP) is 3.89. The quantitative estimate of drug-likeness (QED) is 0.645. The average molecular weight is 225 g/mol. The van der Waals surface area contributed by atoms with Crippen LogP contribution < -0.4 is 0 Å². The molecule has 1 nitrogen and oxygen atoms in total. The molecule has 78 valence electrons. The van der Waals surface area contributed by atoms with Gasteiger partial charge in [-0.1, -0.05) is 24.3 Å². The van der Waals surface area contributed by atoms with Crippen LogP contribution in [0.3, 0.4) is 0 Å². The summed E-state index contributed by atoms with van der Waals surface area (Å²) in [4.78, 5) is 5.77. The van der Waals surface area contributed by atoms with Gasteiger partial charge < -0.3 is 0 Å². The van der Waals surface area contributed by atoms with Crippen molar-refractivity contribution in [2.24, 2.45) is 0 Å². The van der Waals surface area contributed by atoms with Crippen molar-refractivity contribution in [2.75, 3.05) is 0 Å². The van der Waals surface area contributed by atoms with Gasteiger partial charge in [0.1, 0.15) is 0 Å². The average Bonchev–Trinajstić information content (AvgIpc) is 2.82. The highest BCUT2D eigenvalue weighted by molar-refractivity contribution is 7.09. The van der Waals surface area contributed by atoms with Crippen molar-refractivity contribution in [3.8, 4) is 0 Å². The smallest absolute Gasteiger partial charge is 0.0704 e. The molecule has 3 aromatic rings. The number of pyridine rings is 1. The Labute approximate surface area is 98.4 Å². The zero-order valence-electron chi connectivity index (χ0n) is 8.76. The first-order valence-electron chi connectivity index (χ1n) is 5.28. The monoisotopic (exact) mass is 225 g/mol. The van der Waals surface area contributed by atoms with E-state index in [9.17, 15) is 0 Å². The molecule has 0 spiro atoms. The lowest BCUT2D eigenvalue weighted by atomic mass is 10.1. The van der Waals surface area contributed by atoms with E-state index in [0.29, 0.717) is 0 Å². The van der Waals surface area contributed by atoms with Crippen molar-refractivity contribution in [2.45, 2.75) is 6.42 Å². The fourth-order valence-corrected chi connectivity index (χ4v) is 2.64. The Hall–Kier alpha value is -1.67. The van der Waals surface area contributed by atoms with Crippen molar-refractivity contribution < 1.29 is 0 Å². The van der Waals surface area contributed by atoms with Gasteiger partial charge in [0.05, 0.1) is 5.52 Å². The van der Waals surface area contributed by atoms with E-state index < -0.39 is 0 Å². The molecule has 0 fully saturated rings. The van der Waals surface area contributed by atoms with Gasteiger partial charge >= 0.3 is 0 Å². The zero-order valence-corrected chi connectivity index (χ0v) is 9.58. The topological polar surface area (TPSA) is 12.9 Å². The van der Waals surface area contributed by atoms with Crippen LogP contribution in [0.25, 0.3) is 10.9 Å². The summed E-state index contributed by atoms with van der Waals surface area (Å²) in [6, 6.07) is 14.7. The maximum Gasteiger partial charge on any atom is 0.0704 e. The van der Waals surface area contributed by atoms with E-state index in [1.807, 2.05) is 12.3 Å². The fourth-order valence-electron chi connectivity index (χ4n) is 1.91. The first-order valence-corrected chi connectivity index (χ1v) is 6.16. The third kappa shape index (κ3) is 1.72. The van der Waals surface area contributed by atoms with Crippen LogP contribution in [-0.2, 0) is 6.42 Å². The number of para-hydroxylation sites is 1. The van der Waals surface area contributed by atoms with Crippen LogP contribution in [0.15, 0.2) is 54.0 Å². The van der Waals surface area contributed by atoms with Gasteiger partial charge in [0.25, 0.3) is 0 Å². The molecule has 0 amide bonds. The van der Waals surface area contributed by atoms with Gasteiger partial charge in [0.2, 0.25) is 0 Å². The second-order valence-electron chi connectivity index (χ2n) is 3.74. The Balaban J connectivity index is 2.10. The molecular formula is C14H11NS. The van der Waals surface area contributed by atoms with E-state index >= 15 is 0 Å². The van der Waals surface area contributed by atoms with Gasteiger partial charge in [-0.25, -0.2) is 0 Å². The van der Waals surface area contributed by atoms with Crippen LogP contribution in [0.5, 0.6) is 0 Å². The van der Waals surface area contributed by atoms with Gasteiger partial charge in [0.15, 0.2) is 0 Å². The molecule has 0 N–H and O–H groups in total. The molecule has 0 saturated heterocycles. The number of aromatic nitrogens is 1. The van der Waals surface area contributed by atoms with E-state index in [0.717, 1.165) is 11.9 Å². The molecule has 0 bridgehead atoms. The van der Waals surface area contributed by atoms with Crippen molar-refractivity contribution in [3.05, 3.63) is 64.5 Å². The normalized spacial score (nSPS) is 10.8. The maximum absolute atomic E-state index is 4.37. The number of nitrogens with zero attached hydrogens (tertiary/aromatic N) is 1. The van der Waals surface area contributed by atoms with Crippen LogP contribution in [-0.4, -0.2) is 4.98 Å². The lowest BCUT2D eigenvalue weighted by Gasteiger charge is -2.03. The first-order chi connectivity index (χ1) is 7.93.